The van der Waals surface area contributed by atoms with Crippen molar-refractivity contribution >= 4 is 74.6 Å². The SMILES string of the molecule is CCOP(=O)(CCCCCCn1c2ccc(I)cc2c2cc(I)ccc21)OCC. The minimum Gasteiger partial charge on any atom is -0.340 e. The third-order valence-electron chi connectivity index (χ3n) is 5.00. The van der Waals surface area contributed by atoms with E-state index in [0.29, 0.717) is 19.4 Å². The van der Waals surface area contributed by atoms with Gasteiger partial charge in [0.05, 0.1) is 19.4 Å². The number of aryl methyl sites for hydroxylation is 1. The number of nitrogens with zero attached hydrogens (tertiary/aromatic N) is 1. The maximum atomic E-state index is 12.5. The lowest BCUT2D eigenvalue weighted by Gasteiger charge is -2.16. The number of halogens is 2. The van der Waals surface area contributed by atoms with Gasteiger partial charge in [-0.3, -0.25) is 4.57 Å². The van der Waals surface area contributed by atoms with Crippen LogP contribution in [0.1, 0.15) is 39.5 Å². The van der Waals surface area contributed by atoms with Gasteiger partial charge in [0, 0.05) is 35.5 Å². The molecule has 7 heteroatoms. The van der Waals surface area contributed by atoms with Crippen LogP contribution in [0, 0.1) is 7.14 Å². The number of aromatic nitrogens is 1. The van der Waals surface area contributed by atoms with E-state index in [1.165, 1.54) is 28.9 Å². The number of unbranched alkanes of at least 4 members (excludes halogenated alkanes) is 3. The molecule has 1 aromatic heterocycles. The maximum absolute atomic E-state index is 12.5. The summed E-state index contributed by atoms with van der Waals surface area (Å²) in [5.41, 5.74) is 2.61. The molecule has 0 radical (unpaired) electrons. The van der Waals surface area contributed by atoms with Crippen molar-refractivity contribution in [3.05, 3.63) is 43.5 Å². The largest absolute Gasteiger partial charge is 0.340 e. The molecule has 0 N–H and O–H groups in total. The summed E-state index contributed by atoms with van der Waals surface area (Å²) in [6.45, 7) is 5.58. The monoisotopic (exact) mass is 639 g/mol. The Labute approximate surface area is 200 Å². The zero-order valence-corrected chi connectivity index (χ0v) is 22.2. The average Bonchev–Trinajstić information content (AvgIpc) is 2.97. The van der Waals surface area contributed by atoms with Crippen molar-refractivity contribution in [1.82, 2.24) is 4.57 Å². The van der Waals surface area contributed by atoms with Gasteiger partial charge < -0.3 is 13.6 Å². The van der Waals surface area contributed by atoms with Crippen molar-refractivity contribution < 1.29 is 13.6 Å². The lowest BCUT2D eigenvalue weighted by atomic mass is 10.2. The molecule has 4 nitrogen and oxygen atoms in total. The van der Waals surface area contributed by atoms with Crippen LogP contribution in [-0.4, -0.2) is 23.9 Å². The Morgan fingerprint density at radius 3 is 1.86 bits per heavy atom. The Hall–Kier alpha value is -0.150. The third kappa shape index (κ3) is 5.97. The Bertz CT molecular complexity index is 949. The van der Waals surface area contributed by atoms with Gasteiger partial charge in [0.1, 0.15) is 0 Å². The highest BCUT2D eigenvalue weighted by Gasteiger charge is 2.22. The van der Waals surface area contributed by atoms with Crippen molar-refractivity contribution in [2.45, 2.75) is 46.1 Å². The van der Waals surface area contributed by atoms with Gasteiger partial charge in [0.25, 0.3) is 0 Å². The summed E-state index contributed by atoms with van der Waals surface area (Å²) in [5, 5.41) is 2.67. The summed E-state index contributed by atoms with van der Waals surface area (Å²) in [7, 11) is -2.90. The van der Waals surface area contributed by atoms with E-state index >= 15 is 0 Å². The van der Waals surface area contributed by atoms with E-state index in [1.807, 2.05) is 13.8 Å². The summed E-state index contributed by atoms with van der Waals surface area (Å²) in [4.78, 5) is 0. The first kappa shape index (κ1) is 23.5. The van der Waals surface area contributed by atoms with Crippen LogP contribution in [0.5, 0.6) is 0 Å². The Kier molecular flexibility index (Phi) is 8.87. The molecule has 0 spiro atoms. The fourth-order valence-electron chi connectivity index (χ4n) is 3.78. The van der Waals surface area contributed by atoms with Gasteiger partial charge >= 0.3 is 7.60 Å². The molecule has 0 bridgehead atoms. The normalized spacial score (nSPS) is 12.3. The molecule has 0 saturated heterocycles. The Morgan fingerprint density at radius 2 is 1.34 bits per heavy atom. The number of rotatable bonds is 11. The van der Waals surface area contributed by atoms with Crippen LogP contribution < -0.4 is 0 Å². The molecule has 0 fully saturated rings. The van der Waals surface area contributed by atoms with Crippen LogP contribution in [0.3, 0.4) is 0 Å². The molecule has 0 aliphatic carbocycles. The maximum Gasteiger partial charge on any atom is 0.330 e. The van der Waals surface area contributed by atoms with Gasteiger partial charge in [-0.2, -0.15) is 0 Å². The summed E-state index contributed by atoms with van der Waals surface area (Å²) in [6, 6.07) is 13.4. The van der Waals surface area contributed by atoms with Gasteiger partial charge in [-0.25, -0.2) is 0 Å². The van der Waals surface area contributed by atoms with E-state index in [4.69, 9.17) is 9.05 Å². The molecule has 0 unspecified atom stereocenters. The average molecular weight is 639 g/mol. The van der Waals surface area contributed by atoms with E-state index in [1.54, 1.807) is 0 Å². The first-order valence-corrected chi connectivity index (χ1v) is 14.1. The molecular formula is C22H28I2NO3P. The van der Waals surface area contributed by atoms with Gasteiger partial charge in [0.2, 0.25) is 0 Å². The molecule has 2 aromatic carbocycles. The van der Waals surface area contributed by atoms with Crippen molar-refractivity contribution in [3.8, 4) is 0 Å². The number of fused-ring (bicyclic) bond motifs is 3. The van der Waals surface area contributed by atoms with E-state index in [-0.39, 0.29) is 0 Å². The second-order valence-corrected chi connectivity index (χ2v) is 11.7. The van der Waals surface area contributed by atoms with E-state index < -0.39 is 7.60 Å². The zero-order chi connectivity index (χ0) is 20.9. The molecule has 29 heavy (non-hydrogen) atoms. The molecule has 0 atom stereocenters. The molecule has 0 aliphatic rings. The van der Waals surface area contributed by atoms with E-state index in [2.05, 4.69) is 86.1 Å². The number of benzene rings is 2. The lowest BCUT2D eigenvalue weighted by molar-refractivity contribution is 0.219. The highest BCUT2D eigenvalue weighted by Crippen LogP contribution is 2.48. The summed E-state index contributed by atoms with van der Waals surface area (Å²) in [6.07, 6.45) is 4.64. The first-order chi connectivity index (χ1) is 14.0. The zero-order valence-electron chi connectivity index (χ0n) is 17.0. The minimum absolute atomic E-state index is 0.433. The highest BCUT2D eigenvalue weighted by molar-refractivity contribution is 14.1. The number of hydrogen-bond acceptors (Lipinski definition) is 3. The smallest absolute Gasteiger partial charge is 0.330 e. The Balaban J connectivity index is 1.63. The molecule has 158 valence electrons. The van der Waals surface area contributed by atoms with Crippen LogP contribution >= 0.6 is 52.8 Å². The molecule has 3 aromatic rings. The van der Waals surface area contributed by atoms with Crippen LogP contribution in [0.25, 0.3) is 21.8 Å². The van der Waals surface area contributed by atoms with Gasteiger partial charge in [-0.15, -0.1) is 0 Å². The van der Waals surface area contributed by atoms with Gasteiger partial charge in [0.15, 0.2) is 0 Å². The standard InChI is InChI=1S/C22H28I2NO3P/c1-3-27-29(26,28-4-2)14-8-6-5-7-13-25-21-11-9-17(23)15-19(21)20-16-18(24)10-12-22(20)25/h9-12,15-16H,3-8,13-14H2,1-2H3. The van der Waals surface area contributed by atoms with Crippen LogP contribution in [0.4, 0.5) is 0 Å². The molecule has 0 aliphatic heterocycles. The van der Waals surface area contributed by atoms with Crippen LogP contribution in [-0.2, 0) is 20.2 Å². The topological polar surface area (TPSA) is 40.5 Å². The van der Waals surface area contributed by atoms with Crippen LogP contribution in [0.2, 0.25) is 0 Å². The Morgan fingerprint density at radius 1 is 0.828 bits per heavy atom. The fourth-order valence-corrected chi connectivity index (χ4v) is 6.49. The van der Waals surface area contributed by atoms with Crippen molar-refractivity contribution in [2.75, 3.05) is 19.4 Å². The minimum atomic E-state index is -2.90. The molecular weight excluding hydrogens is 611 g/mol. The second-order valence-electron chi connectivity index (χ2n) is 7.06. The summed E-state index contributed by atoms with van der Waals surface area (Å²) >= 11 is 4.77. The quantitative estimate of drug-likeness (QED) is 0.122. The van der Waals surface area contributed by atoms with Crippen molar-refractivity contribution in [3.63, 3.8) is 0 Å². The third-order valence-corrected chi connectivity index (χ3v) is 8.51. The van der Waals surface area contributed by atoms with Crippen LogP contribution in [0.15, 0.2) is 36.4 Å². The molecule has 1 heterocycles. The summed E-state index contributed by atoms with van der Waals surface area (Å²) < 4.78 is 28.3. The van der Waals surface area contributed by atoms with E-state index in [9.17, 15) is 4.57 Å². The molecule has 0 saturated carbocycles. The summed E-state index contributed by atoms with van der Waals surface area (Å²) in [5.74, 6) is 0. The molecule has 0 amide bonds. The molecule has 3 rings (SSSR count). The predicted molar refractivity (Wildman–Crippen MR) is 139 cm³/mol. The number of hydrogen-bond donors (Lipinski definition) is 0. The highest BCUT2D eigenvalue weighted by atomic mass is 127. The fraction of sp³-hybridized carbons (Fsp3) is 0.455. The van der Waals surface area contributed by atoms with Crippen molar-refractivity contribution in [1.29, 1.82) is 0 Å². The van der Waals surface area contributed by atoms with Gasteiger partial charge in [-0.1, -0.05) is 12.8 Å². The van der Waals surface area contributed by atoms with Gasteiger partial charge in [-0.05, 0) is 108 Å². The predicted octanol–water partition coefficient (Wildman–Crippen LogP) is 7.83. The first-order valence-electron chi connectivity index (χ1n) is 10.2. The van der Waals surface area contributed by atoms with E-state index in [0.717, 1.165) is 32.2 Å². The van der Waals surface area contributed by atoms with Crippen molar-refractivity contribution in [2.24, 2.45) is 0 Å². The lowest BCUT2D eigenvalue weighted by Crippen LogP contribution is -2.01. The second kappa shape index (κ2) is 10.9.